The molecule has 0 saturated carbocycles. The number of hydrogen-bond donors (Lipinski definition) is 2. The fourth-order valence-corrected chi connectivity index (χ4v) is 1.28. The summed E-state index contributed by atoms with van der Waals surface area (Å²) in [5.41, 5.74) is 1.80. The topological polar surface area (TPSA) is 41.5 Å². The van der Waals surface area contributed by atoms with Gasteiger partial charge in [0.05, 0.1) is 6.61 Å². The molecule has 1 aromatic carbocycles. The van der Waals surface area contributed by atoms with Crippen molar-refractivity contribution in [3.63, 3.8) is 0 Å². The fraction of sp³-hybridized carbons (Fsp3) is 0.455. The summed E-state index contributed by atoms with van der Waals surface area (Å²) >= 11 is 0. The standard InChI is InChI=1S/C11H17NO2/c1-8-4-5-10(6-11(8)13)12-9(2)7-14-3/h4-6,9,12-13H,7H2,1-3H3. The van der Waals surface area contributed by atoms with Gasteiger partial charge in [-0.2, -0.15) is 0 Å². The van der Waals surface area contributed by atoms with E-state index in [2.05, 4.69) is 5.32 Å². The lowest BCUT2D eigenvalue weighted by atomic mass is 10.2. The Kier molecular flexibility index (Phi) is 3.77. The van der Waals surface area contributed by atoms with Gasteiger partial charge < -0.3 is 15.2 Å². The highest BCUT2D eigenvalue weighted by molar-refractivity contribution is 5.51. The highest BCUT2D eigenvalue weighted by Gasteiger charge is 2.02. The number of hydrogen-bond acceptors (Lipinski definition) is 3. The zero-order chi connectivity index (χ0) is 10.6. The Morgan fingerprint density at radius 2 is 2.21 bits per heavy atom. The van der Waals surface area contributed by atoms with Crippen LogP contribution in [-0.2, 0) is 4.74 Å². The summed E-state index contributed by atoms with van der Waals surface area (Å²) in [6.07, 6.45) is 0. The first-order chi connectivity index (χ1) is 6.63. The third-order valence-electron chi connectivity index (χ3n) is 2.04. The van der Waals surface area contributed by atoms with Crippen molar-refractivity contribution in [1.82, 2.24) is 0 Å². The average Bonchev–Trinajstić information content (AvgIpc) is 2.12. The molecule has 0 amide bonds. The first kappa shape index (κ1) is 10.9. The molecule has 2 N–H and O–H groups in total. The van der Waals surface area contributed by atoms with E-state index < -0.39 is 0 Å². The number of benzene rings is 1. The minimum atomic E-state index is 0.238. The van der Waals surface area contributed by atoms with Crippen LogP contribution < -0.4 is 5.32 Å². The van der Waals surface area contributed by atoms with Gasteiger partial charge in [-0.1, -0.05) is 6.07 Å². The summed E-state index contributed by atoms with van der Waals surface area (Å²) in [7, 11) is 1.67. The van der Waals surface area contributed by atoms with Crippen LogP contribution in [0.5, 0.6) is 5.75 Å². The summed E-state index contributed by atoms with van der Waals surface area (Å²) in [5.74, 6) is 0.319. The van der Waals surface area contributed by atoms with Crippen LogP contribution in [0.4, 0.5) is 5.69 Å². The Labute approximate surface area is 84.7 Å². The summed E-state index contributed by atoms with van der Waals surface area (Å²) in [4.78, 5) is 0. The van der Waals surface area contributed by atoms with Crippen molar-refractivity contribution in [2.24, 2.45) is 0 Å². The van der Waals surface area contributed by atoms with Crippen molar-refractivity contribution >= 4 is 5.69 Å². The van der Waals surface area contributed by atoms with Crippen LogP contribution in [0.2, 0.25) is 0 Å². The van der Waals surface area contributed by atoms with Gasteiger partial charge in [0, 0.05) is 24.9 Å². The van der Waals surface area contributed by atoms with Gasteiger partial charge in [0.25, 0.3) is 0 Å². The van der Waals surface area contributed by atoms with E-state index in [1.54, 1.807) is 13.2 Å². The molecule has 0 aliphatic carbocycles. The number of phenolic OH excluding ortho intramolecular Hbond substituents is 1. The molecule has 3 nitrogen and oxygen atoms in total. The van der Waals surface area contributed by atoms with Gasteiger partial charge in [0.1, 0.15) is 5.75 Å². The van der Waals surface area contributed by atoms with Crippen LogP contribution in [0.25, 0.3) is 0 Å². The fourth-order valence-electron chi connectivity index (χ4n) is 1.28. The van der Waals surface area contributed by atoms with E-state index in [1.807, 2.05) is 26.0 Å². The van der Waals surface area contributed by atoms with Crippen molar-refractivity contribution in [1.29, 1.82) is 0 Å². The predicted molar refractivity (Wildman–Crippen MR) is 57.8 cm³/mol. The highest BCUT2D eigenvalue weighted by atomic mass is 16.5. The molecule has 0 spiro atoms. The zero-order valence-corrected chi connectivity index (χ0v) is 8.87. The summed E-state index contributed by atoms with van der Waals surface area (Å²) < 4.78 is 5.00. The largest absolute Gasteiger partial charge is 0.508 e. The number of aryl methyl sites for hydroxylation is 1. The lowest BCUT2D eigenvalue weighted by molar-refractivity contribution is 0.190. The van der Waals surface area contributed by atoms with Gasteiger partial charge in [-0.25, -0.2) is 0 Å². The number of phenols is 1. The zero-order valence-electron chi connectivity index (χ0n) is 8.87. The van der Waals surface area contributed by atoms with Crippen molar-refractivity contribution in [2.75, 3.05) is 19.0 Å². The first-order valence-electron chi connectivity index (χ1n) is 4.68. The smallest absolute Gasteiger partial charge is 0.120 e. The van der Waals surface area contributed by atoms with Crippen LogP contribution in [0.1, 0.15) is 12.5 Å². The van der Waals surface area contributed by atoms with E-state index in [0.29, 0.717) is 12.4 Å². The molecule has 0 fully saturated rings. The predicted octanol–water partition coefficient (Wildman–Crippen LogP) is 2.15. The molecule has 0 aliphatic rings. The number of anilines is 1. The second kappa shape index (κ2) is 4.86. The van der Waals surface area contributed by atoms with E-state index in [4.69, 9.17) is 4.74 Å². The van der Waals surface area contributed by atoms with Crippen molar-refractivity contribution in [2.45, 2.75) is 19.9 Å². The molecular weight excluding hydrogens is 178 g/mol. The monoisotopic (exact) mass is 195 g/mol. The van der Waals surface area contributed by atoms with Gasteiger partial charge in [0.2, 0.25) is 0 Å². The third-order valence-corrected chi connectivity index (χ3v) is 2.04. The molecule has 1 rings (SSSR count). The van der Waals surface area contributed by atoms with Crippen LogP contribution in [0.3, 0.4) is 0 Å². The normalized spacial score (nSPS) is 12.5. The Balaban J connectivity index is 2.63. The summed E-state index contributed by atoms with van der Waals surface area (Å²) in [6.45, 7) is 4.55. The maximum Gasteiger partial charge on any atom is 0.120 e. The Bertz CT molecular complexity index is 299. The maximum absolute atomic E-state index is 9.47. The molecule has 3 heteroatoms. The number of ether oxygens (including phenoxy) is 1. The second-order valence-electron chi connectivity index (χ2n) is 3.50. The Morgan fingerprint density at radius 3 is 2.79 bits per heavy atom. The van der Waals surface area contributed by atoms with Crippen molar-refractivity contribution < 1.29 is 9.84 Å². The van der Waals surface area contributed by atoms with Crippen LogP contribution in [-0.4, -0.2) is 24.9 Å². The van der Waals surface area contributed by atoms with Crippen molar-refractivity contribution in [3.8, 4) is 5.75 Å². The molecule has 0 aliphatic heterocycles. The van der Waals surface area contributed by atoms with Crippen LogP contribution in [0, 0.1) is 6.92 Å². The second-order valence-corrected chi connectivity index (χ2v) is 3.50. The molecule has 0 bridgehead atoms. The van der Waals surface area contributed by atoms with Crippen LogP contribution in [0.15, 0.2) is 18.2 Å². The average molecular weight is 195 g/mol. The number of methoxy groups -OCH3 is 1. The van der Waals surface area contributed by atoms with Gasteiger partial charge >= 0.3 is 0 Å². The highest BCUT2D eigenvalue weighted by Crippen LogP contribution is 2.21. The Morgan fingerprint density at radius 1 is 1.50 bits per heavy atom. The minimum absolute atomic E-state index is 0.238. The molecule has 1 unspecified atom stereocenters. The van der Waals surface area contributed by atoms with Crippen molar-refractivity contribution in [3.05, 3.63) is 23.8 Å². The van der Waals surface area contributed by atoms with Crippen LogP contribution >= 0.6 is 0 Å². The lowest BCUT2D eigenvalue weighted by Crippen LogP contribution is -2.20. The first-order valence-corrected chi connectivity index (χ1v) is 4.68. The molecular formula is C11H17NO2. The molecule has 1 aromatic rings. The molecule has 0 saturated heterocycles. The molecule has 0 heterocycles. The van der Waals surface area contributed by atoms with E-state index in [0.717, 1.165) is 11.3 Å². The molecule has 1 atom stereocenters. The minimum Gasteiger partial charge on any atom is -0.508 e. The molecule has 0 aromatic heterocycles. The number of nitrogens with one attached hydrogen (secondary N) is 1. The van der Waals surface area contributed by atoms with Gasteiger partial charge in [0.15, 0.2) is 0 Å². The van der Waals surface area contributed by atoms with E-state index in [-0.39, 0.29) is 6.04 Å². The quantitative estimate of drug-likeness (QED) is 0.773. The Hall–Kier alpha value is -1.22. The maximum atomic E-state index is 9.47. The molecule has 0 radical (unpaired) electrons. The lowest BCUT2D eigenvalue weighted by Gasteiger charge is -2.14. The third kappa shape index (κ3) is 2.92. The summed E-state index contributed by atoms with van der Waals surface area (Å²) in [6, 6.07) is 5.79. The van der Waals surface area contributed by atoms with Gasteiger partial charge in [-0.05, 0) is 25.5 Å². The van der Waals surface area contributed by atoms with E-state index in [9.17, 15) is 5.11 Å². The van der Waals surface area contributed by atoms with Gasteiger partial charge in [-0.15, -0.1) is 0 Å². The molecule has 78 valence electrons. The van der Waals surface area contributed by atoms with Gasteiger partial charge in [-0.3, -0.25) is 0 Å². The number of rotatable bonds is 4. The number of aromatic hydroxyl groups is 1. The molecule has 14 heavy (non-hydrogen) atoms. The van der Waals surface area contributed by atoms with E-state index >= 15 is 0 Å². The SMILES string of the molecule is COCC(C)Nc1ccc(C)c(O)c1. The van der Waals surface area contributed by atoms with E-state index in [1.165, 1.54) is 0 Å². The summed E-state index contributed by atoms with van der Waals surface area (Å²) in [5, 5.41) is 12.7.